The highest BCUT2D eigenvalue weighted by molar-refractivity contribution is 6.64. The van der Waals surface area contributed by atoms with E-state index in [-0.39, 0.29) is 0 Å². The lowest BCUT2D eigenvalue weighted by Gasteiger charge is -2.14. The average Bonchev–Trinajstić information content (AvgIpc) is 2.81. The number of aromatic nitrogens is 3. The predicted molar refractivity (Wildman–Crippen MR) is 62.0 cm³/mol. The standard InChI is InChI=1S/C10H7Cl2N3O2/c11-7-1-3-8(4-2-7)17-10(9(12)16)15-6-13-5-14-15/h1-6,10H. The zero-order valence-corrected chi connectivity index (χ0v) is 9.97. The van der Waals surface area contributed by atoms with E-state index < -0.39 is 11.5 Å². The molecular formula is C10H7Cl2N3O2. The number of carbonyl (C=O) groups is 1. The summed E-state index contributed by atoms with van der Waals surface area (Å²) in [7, 11) is 0. The fourth-order valence-corrected chi connectivity index (χ4v) is 1.46. The quantitative estimate of drug-likeness (QED) is 0.801. The van der Waals surface area contributed by atoms with Crippen LogP contribution in [-0.4, -0.2) is 20.0 Å². The third-order valence-corrected chi connectivity index (χ3v) is 2.37. The zero-order chi connectivity index (χ0) is 12.3. The largest absolute Gasteiger partial charge is 0.460 e. The Kier molecular flexibility index (Phi) is 3.61. The highest BCUT2D eigenvalue weighted by atomic mass is 35.5. The van der Waals surface area contributed by atoms with Crippen LogP contribution in [0.2, 0.25) is 5.02 Å². The number of ether oxygens (including phenoxy) is 1. The molecule has 0 fully saturated rings. The molecular weight excluding hydrogens is 265 g/mol. The maximum atomic E-state index is 11.2. The van der Waals surface area contributed by atoms with Gasteiger partial charge in [-0.25, -0.2) is 9.67 Å². The van der Waals surface area contributed by atoms with E-state index in [1.54, 1.807) is 24.3 Å². The van der Waals surface area contributed by atoms with Crippen LogP contribution < -0.4 is 4.74 Å². The first-order chi connectivity index (χ1) is 8.16. The Morgan fingerprint density at radius 2 is 2.06 bits per heavy atom. The normalized spacial score (nSPS) is 12.1. The molecule has 7 heteroatoms. The minimum atomic E-state index is -1.04. The molecule has 5 nitrogen and oxygen atoms in total. The van der Waals surface area contributed by atoms with Crippen molar-refractivity contribution in [1.29, 1.82) is 0 Å². The molecule has 0 aliphatic carbocycles. The van der Waals surface area contributed by atoms with Crippen molar-refractivity contribution in [2.45, 2.75) is 6.23 Å². The van der Waals surface area contributed by atoms with Crippen molar-refractivity contribution in [2.75, 3.05) is 0 Å². The molecule has 0 radical (unpaired) electrons. The van der Waals surface area contributed by atoms with E-state index in [0.717, 1.165) is 0 Å². The third-order valence-electron chi connectivity index (χ3n) is 1.93. The molecule has 0 spiro atoms. The summed E-state index contributed by atoms with van der Waals surface area (Å²) in [4.78, 5) is 15.0. The van der Waals surface area contributed by atoms with Crippen molar-refractivity contribution in [1.82, 2.24) is 14.8 Å². The smallest absolute Gasteiger partial charge is 0.285 e. The summed E-state index contributed by atoms with van der Waals surface area (Å²) < 4.78 is 6.62. The van der Waals surface area contributed by atoms with Crippen molar-refractivity contribution in [3.8, 4) is 5.75 Å². The van der Waals surface area contributed by atoms with Gasteiger partial charge in [-0.15, -0.1) is 0 Å². The minimum Gasteiger partial charge on any atom is -0.460 e. The fraction of sp³-hybridized carbons (Fsp3) is 0.100. The van der Waals surface area contributed by atoms with Gasteiger partial charge < -0.3 is 4.74 Å². The first-order valence-corrected chi connectivity index (χ1v) is 5.38. The predicted octanol–water partition coefficient (Wildman–Crippen LogP) is 2.27. The summed E-state index contributed by atoms with van der Waals surface area (Å²) in [5.41, 5.74) is 0. The van der Waals surface area contributed by atoms with Crippen LogP contribution in [-0.2, 0) is 4.79 Å². The zero-order valence-electron chi connectivity index (χ0n) is 8.46. The lowest BCUT2D eigenvalue weighted by Crippen LogP contribution is -2.22. The topological polar surface area (TPSA) is 57.0 Å². The number of rotatable bonds is 4. The summed E-state index contributed by atoms with van der Waals surface area (Å²) in [6.45, 7) is 0. The summed E-state index contributed by atoms with van der Waals surface area (Å²) in [6.07, 6.45) is 1.60. The SMILES string of the molecule is O=C(Cl)C(Oc1ccc(Cl)cc1)n1cncn1. The van der Waals surface area contributed by atoms with E-state index in [4.69, 9.17) is 27.9 Å². The van der Waals surface area contributed by atoms with E-state index in [1.807, 2.05) is 0 Å². The van der Waals surface area contributed by atoms with Crippen LogP contribution in [0.1, 0.15) is 6.23 Å². The van der Waals surface area contributed by atoms with Crippen LogP contribution in [0.15, 0.2) is 36.9 Å². The molecule has 2 rings (SSSR count). The van der Waals surface area contributed by atoms with Gasteiger partial charge in [-0.2, -0.15) is 5.10 Å². The van der Waals surface area contributed by atoms with Gasteiger partial charge in [0.2, 0.25) is 0 Å². The molecule has 1 heterocycles. The molecule has 0 saturated carbocycles. The van der Waals surface area contributed by atoms with Crippen LogP contribution in [0.5, 0.6) is 5.75 Å². The Bertz CT molecular complexity index is 499. The molecule has 0 aliphatic heterocycles. The van der Waals surface area contributed by atoms with Gasteiger partial charge in [0.1, 0.15) is 18.4 Å². The Labute approximate surface area is 107 Å². The molecule has 88 valence electrons. The first kappa shape index (κ1) is 11.9. The van der Waals surface area contributed by atoms with Crippen LogP contribution in [0.4, 0.5) is 0 Å². The van der Waals surface area contributed by atoms with Crippen LogP contribution >= 0.6 is 23.2 Å². The highest BCUT2D eigenvalue weighted by Crippen LogP contribution is 2.20. The van der Waals surface area contributed by atoms with Gasteiger partial charge in [-0.05, 0) is 35.9 Å². The molecule has 1 unspecified atom stereocenters. The van der Waals surface area contributed by atoms with Crippen LogP contribution in [0.25, 0.3) is 0 Å². The molecule has 0 bridgehead atoms. The summed E-state index contributed by atoms with van der Waals surface area (Å²) in [5.74, 6) is 0.462. The number of nitrogens with zero attached hydrogens (tertiary/aromatic N) is 3. The molecule has 1 aromatic heterocycles. The van der Waals surface area contributed by atoms with Gasteiger partial charge in [0, 0.05) is 5.02 Å². The van der Waals surface area contributed by atoms with Crippen molar-refractivity contribution >= 4 is 28.4 Å². The lowest BCUT2D eigenvalue weighted by molar-refractivity contribution is -0.122. The van der Waals surface area contributed by atoms with Crippen LogP contribution in [0.3, 0.4) is 0 Å². The van der Waals surface area contributed by atoms with E-state index >= 15 is 0 Å². The van der Waals surface area contributed by atoms with Crippen molar-refractivity contribution in [3.05, 3.63) is 41.9 Å². The van der Waals surface area contributed by atoms with E-state index in [9.17, 15) is 4.79 Å². The number of carbonyl (C=O) groups excluding carboxylic acids is 1. The lowest BCUT2D eigenvalue weighted by atomic mass is 10.3. The second-order valence-electron chi connectivity index (χ2n) is 3.10. The van der Waals surface area contributed by atoms with E-state index in [1.165, 1.54) is 17.3 Å². The van der Waals surface area contributed by atoms with Crippen molar-refractivity contribution < 1.29 is 9.53 Å². The first-order valence-electron chi connectivity index (χ1n) is 4.62. The Hall–Kier alpha value is -1.59. The van der Waals surface area contributed by atoms with E-state index in [2.05, 4.69) is 10.1 Å². The Morgan fingerprint density at radius 1 is 1.35 bits per heavy atom. The van der Waals surface area contributed by atoms with Gasteiger partial charge in [0.25, 0.3) is 11.5 Å². The van der Waals surface area contributed by atoms with Crippen molar-refractivity contribution in [3.63, 3.8) is 0 Å². The second kappa shape index (κ2) is 5.16. The average molecular weight is 272 g/mol. The van der Waals surface area contributed by atoms with Gasteiger partial charge in [0.15, 0.2) is 0 Å². The van der Waals surface area contributed by atoms with Gasteiger partial charge in [0.05, 0.1) is 0 Å². The highest BCUT2D eigenvalue weighted by Gasteiger charge is 2.20. The van der Waals surface area contributed by atoms with Gasteiger partial charge >= 0.3 is 0 Å². The van der Waals surface area contributed by atoms with Crippen molar-refractivity contribution in [2.24, 2.45) is 0 Å². The summed E-state index contributed by atoms with van der Waals surface area (Å²) in [5, 5.41) is 3.69. The molecule has 0 N–H and O–H groups in total. The second-order valence-corrected chi connectivity index (χ2v) is 3.91. The maximum Gasteiger partial charge on any atom is 0.285 e. The number of hydrogen-bond donors (Lipinski definition) is 0. The molecule has 0 amide bonds. The molecule has 0 aliphatic rings. The monoisotopic (exact) mass is 271 g/mol. The molecule has 1 aromatic carbocycles. The number of benzene rings is 1. The molecule has 17 heavy (non-hydrogen) atoms. The maximum absolute atomic E-state index is 11.2. The Balaban J connectivity index is 2.19. The number of halogens is 2. The van der Waals surface area contributed by atoms with Gasteiger partial charge in [-0.1, -0.05) is 11.6 Å². The van der Waals surface area contributed by atoms with Gasteiger partial charge in [-0.3, -0.25) is 4.79 Å². The van der Waals surface area contributed by atoms with E-state index in [0.29, 0.717) is 10.8 Å². The molecule has 0 saturated heterocycles. The summed E-state index contributed by atoms with van der Waals surface area (Å²) >= 11 is 11.2. The minimum absolute atomic E-state index is 0.462. The van der Waals surface area contributed by atoms with Crippen LogP contribution in [0, 0.1) is 0 Å². The number of hydrogen-bond acceptors (Lipinski definition) is 4. The third kappa shape index (κ3) is 2.95. The fourth-order valence-electron chi connectivity index (χ4n) is 1.18. The Morgan fingerprint density at radius 3 is 2.59 bits per heavy atom. The molecule has 1 atom stereocenters. The molecule has 2 aromatic rings. The summed E-state index contributed by atoms with van der Waals surface area (Å²) in [6, 6.07) is 6.56.